The number of amides is 1. The first-order chi connectivity index (χ1) is 16.3. The standard InChI is InChI=1S/C27H22N2O5/c1-17-7-11-20(12-8-17)25-16-21(15-19-9-13-22(14-10-19)29(32)33)26(30)28(25)24-6-4-5-23(18(24)2)27(31)34-3/h4-16H,1-3H3/b21-15+. The van der Waals surface area contributed by atoms with Crippen molar-refractivity contribution in [3.63, 3.8) is 0 Å². The summed E-state index contributed by atoms with van der Waals surface area (Å²) < 4.78 is 4.90. The Morgan fingerprint density at radius 1 is 1.00 bits per heavy atom. The van der Waals surface area contributed by atoms with E-state index >= 15 is 0 Å². The number of carbonyl (C=O) groups is 2. The first-order valence-electron chi connectivity index (χ1n) is 10.6. The number of rotatable bonds is 5. The maximum Gasteiger partial charge on any atom is 0.338 e. The normalized spacial score (nSPS) is 14.3. The quantitative estimate of drug-likeness (QED) is 0.221. The Hall–Kier alpha value is -4.52. The van der Waals surface area contributed by atoms with Crippen LogP contribution in [0.25, 0.3) is 11.8 Å². The molecule has 3 aromatic rings. The summed E-state index contributed by atoms with van der Waals surface area (Å²) in [6.07, 6.45) is 3.48. The Labute approximate surface area is 196 Å². The molecule has 170 valence electrons. The fraction of sp³-hybridized carbons (Fsp3) is 0.111. The van der Waals surface area contributed by atoms with Crippen molar-refractivity contribution < 1.29 is 19.2 Å². The molecule has 4 rings (SSSR count). The van der Waals surface area contributed by atoms with Crippen LogP contribution in [0, 0.1) is 24.0 Å². The molecule has 0 aliphatic carbocycles. The summed E-state index contributed by atoms with van der Waals surface area (Å²) in [5.41, 5.74) is 5.24. The fourth-order valence-corrected chi connectivity index (χ4v) is 3.86. The second kappa shape index (κ2) is 9.15. The van der Waals surface area contributed by atoms with Crippen LogP contribution in [0.2, 0.25) is 0 Å². The van der Waals surface area contributed by atoms with Crippen molar-refractivity contribution in [2.45, 2.75) is 13.8 Å². The molecule has 0 bridgehead atoms. The van der Waals surface area contributed by atoms with E-state index < -0.39 is 10.9 Å². The van der Waals surface area contributed by atoms with Gasteiger partial charge in [0.25, 0.3) is 11.6 Å². The van der Waals surface area contributed by atoms with Gasteiger partial charge in [-0.3, -0.25) is 19.8 Å². The highest BCUT2D eigenvalue weighted by molar-refractivity contribution is 6.23. The van der Waals surface area contributed by atoms with Gasteiger partial charge in [-0.25, -0.2) is 4.79 Å². The van der Waals surface area contributed by atoms with Gasteiger partial charge < -0.3 is 4.74 Å². The molecule has 7 nitrogen and oxygen atoms in total. The number of carbonyl (C=O) groups excluding carboxylic acids is 2. The minimum atomic E-state index is -0.478. The number of ether oxygens (including phenoxy) is 1. The lowest BCUT2D eigenvalue weighted by atomic mass is 10.0. The second-order valence-corrected chi connectivity index (χ2v) is 7.93. The van der Waals surface area contributed by atoms with Crippen LogP contribution in [0.15, 0.2) is 78.4 Å². The van der Waals surface area contributed by atoms with Crippen molar-refractivity contribution in [1.29, 1.82) is 0 Å². The molecule has 0 aromatic heterocycles. The first-order valence-corrected chi connectivity index (χ1v) is 10.6. The van der Waals surface area contributed by atoms with E-state index in [9.17, 15) is 19.7 Å². The zero-order valence-electron chi connectivity index (χ0n) is 18.9. The third-order valence-electron chi connectivity index (χ3n) is 5.71. The van der Waals surface area contributed by atoms with Crippen molar-refractivity contribution in [2.24, 2.45) is 0 Å². The maximum absolute atomic E-state index is 13.6. The SMILES string of the molecule is COC(=O)c1cccc(N2C(=O)/C(=C/c3ccc([N+](=O)[O-])cc3)C=C2c2ccc(C)cc2)c1C. The predicted molar refractivity (Wildman–Crippen MR) is 130 cm³/mol. The Kier molecular flexibility index (Phi) is 6.10. The summed E-state index contributed by atoms with van der Waals surface area (Å²) in [6, 6.07) is 19.0. The van der Waals surface area contributed by atoms with E-state index in [-0.39, 0.29) is 11.6 Å². The highest BCUT2D eigenvalue weighted by Gasteiger charge is 2.32. The first kappa shape index (κ1) is 22.7. The molecule has 0 saturated carbocycles. The molecule has 0 unspecified atom stereocenters. The van der Waals surface area contributed by atoms with Crippen molar-refractivity contribution in [3.8, 4) is 0 Å². The molecular formula is C27H22N2O5. The van der Waals surface area contributed by atoms with E-state index in [1.54, 1.807) is 54.3 Å². The second-order valence-electron chi connectivity index (χ2n) is 7.93. The van der Waals surface area contributed by atoms with Gasteiger partial charge in [-0.1, -0.05) is 35.9 Å². The smallest absolute Gasteiger partial charge is 0.338 e. The average Bonchev–Trinajstić information content (AvgIpc) is 3.15. The van der Waals surface area contributed by atoms with Gasteiger partial charge in [-0.2, -0.15) is 0 Å². The molecule has 1 heterocycles. The van der Waals surface area contributed by atoms with Crippen LogP contribution in [0.5, 0.6) is 0 Å². The number of anilines is 1. The van der Waals surface area contributed by atoms with Gasteiger partial charge in [-0.05, 0) is 67.0 Å². The molecule has 1 aliphatic rings. The van der Waals surface area contributed by atoms with Crippen LogP contribution in [0.3, 0.4) is 0 Å². The maximum atomic E-state index is 13.6. The summed E-state index contributed by atoms with van der Waals surface area (Å²) in [4.78, 5) is 37.9. The minimum Gasteiger partial charge on any atom is -0.465 e. The number of nitro benzene ring substituents is 1. The summed E-state index contributed by atoms with van der Waals surface area (Å²) >= 11 is 0. The third-order valence-corrected chi connectivity index (χ3v) is 5.71. The van der Waals surface area contributed by atoms with Crippen LogP contribution in [-0.2, 0) is 9.53 Å². The fourth-order valence-electron chi connectivity index (χ4n) is 3.86. The largest absolute Gasteiger partial charge is 0.465 e. The van der Waals surface area contributed by atoms with Crippen LogP contribution >= 0.6 is 0 Å². The predicted octanol–water partition coefficient (Wildman–Crippen LogP) is 5.47. The Bertz CT molecular complexity index is 1350. The minimum absolute atomic E-state index is 0.0207. The van der Waals surface area contributed by atoms with E-state index in [0.29, 0.717) is 33.6 Å². The Balaban J connectivity index is 1.84. The highest BCUT2D eigenvalue weighted by Crippen LogP contribution is 2.38. The Morgan fingerprint density at radius 3 is 2.29 bits per heavy atom. The molecule has 0 N–H and O–H groups in total. The van der Waals surface area contributed by atoms with Gasteiger partial charge in [0.1, 0.15) is 0 Å². The number of nitrogens with zero attached hydrogens (tertiary/aromatic N) is 2. The van der Waals surface area contributed by atoms with Gasteiger partial charge in [-0.15, -0.1) is 0 Å². The van der Waals surface area contributed by atoms with Crippen LogP contribution in [-0.4, -0.2) is 23.9 Å². The lowest BCUT2D eigenvalue weighted by Crippen LogP contribution is -2.26. The number of benzene rings is 3. The van der Waals surface area contributed by atoms with Crippen molar-refractivity contribution in [1.82, 2.24) is 0 Å². The van der Waals surface area contributed by atoms with Crippen molar-refractivity contribution in [3.05, 3.63) is 116 Å². The zero-order valence-corrected chi connectivity index (χ0v) is 18.9. The number of esters is 1. The number of hydrogen-bond acceptors (Lipinski definition) is 5. The molecular weight excluding hydrogens is 432 g/mol. The molecule has 0 radical (unpaired) electrons. The van der Waals surface area contributed by atoms with Gasteiger partial charge in [0.15, 0.2) is 0 Å². The van der Waals surface area contributed by atoms with Crippen molar-refractivity contribution in [2.75, 3.05) is 12.0 Å². The van der Waals surface area contributed by atoms with Gasteiger partial charge in [0.2, 0.25) is 0 Å². The Morgan fingerprint density at radius 2 is 1.68 bits per heavy atom. The molecule has 7 heteroatoms. The average molecular weight is 454 g/mol. The van der Waals surface area contributed by atoms with Gasteiger partial charge >= 0.3 is 5.97 Å². The lowest BCUT2D eigenvalue weighted by Gasteiger charge is -2.23. The summed E-state index contributed by atoms with van der Waals surface area (Å²) in [5.74, 6) is -0.743. The van der Waals surface area contributed by atoms with Crippen LogP contribution in [0.4, 0.5) is 11.4 Å². The molecule has 3 aromatic carbocycles. The molecule has 0 saturated heterocycles. The van der Waals surface area contributed by atoms with E-state index in [4.69, 9.17) is 4.74 Å². The van der Waals surface area contributed by atoms with E-state index in [1.165, 1.54) is 19.2 Å². The molecule has 1 amide bonds. The highest BCUT2D eigenvalue weighted by atomic mass is 16.6. The molecule has 34 heavy (non-hydrogen) atoms. The number of non-ortho nitro benzene ring substituents is 1. The van der Waals surface area contributed by atoms with Crippen LogP contribution in [0.1, 0.15) is 32.6 Å². The number of methoxy groups -OCH3 is 1. The molecule has 0 atom stereocenters. The summed E-state index contributed by atoms with van der Waals surface area (Å²) in [6.45, 7) is 3.76. The number of aryl methyl sites for hydroxylation is 1. The van der Waals surface area contributed by atoms with Crippen LogP contribution < -0.4 is 4.90 Å². The number of hydrogen-bond donors (Lipinski definition) is 0. The monoisotopic (exact) mass is 454 g/mol. The lowest BCUT2D eigenvalue weighted by molar-refractivity contribution is -0.384. The van der Waals surface area contributed by atoms with E-state index in [1.807, 2.05) is 31.2 Å². The third kappa shape index (κ3) is 4.23. The topological polar surface area (TPSA) is 89.8 Å². The zero-order chi connectivity index (χ0) is 24.4. The summed E-state index contributed by atoms with van der Waals surface area (Å²) in [7, 11) is 1.32. The molecule has 0 fully saturated rings. The van der Waals surface area contributed by atoms with Crippen molar-refractivity contribution >= 4 is 35.0 Å². The molecule has 0 spiro atoms. The molecule has 1 aliphatic heterocycles. The number of nitro groups is 1. The summed E-state index contributed by atoms with van der Waals surface area (Å²) in [5, 5.41) is 10.9. The van der Waals surface area contributed by atoms with Gasteiger partial charge in [0.05, 0.1) is 29.0 Å². The van der Waals surface area contributed by atoms with E-state index in [2.05, 4.69) is 0 Å². The van der Waals surface area contributed by atoms with E-state index in [0.717, 1.165) is 11.1 Å². The van der Waals surface area contributed by atoms with Gasteiger partial charge in [0, 0.05) is 17.7 Å².